The molecule has 0 spiro atoms. The van der Waals surface area contributed by atoms with Crippen LogP contribution in [0.5, 0.6) is 0 Å². The summed E-state index contributed by atoms with van der Waals surface area (Å²) in [5.74, 6) is 0.574. The van der Waals surface area contributed by atoms with E-state index >= 15 is 0 Å². The molecule has 2 atom stereocenters. The number of benzene rings is 2. The predicted molar refractivity (Wildman–Crippen MR) is 149 cm³/mol. The van der Waals surface area contributed by atoms with Crippen LogP contribution in [0.15, 0.2) is 83.9 Å². The summed E-state index contributed by atoms with van der Waals surface area (Å²) in [7, 11) is 0.406. The summed E-state index contributed by atoms with van der Waals surface area (Å²) in [6.07, 6.45) is 7.06. The zero-order valence-corrected chi connectivity index (χ0v) is 22.8. The second-order valence-corrected chi connectivity index (χ2v) is 12.3. The number of imidazole rings is 1. The molecule has 7 nitrogen and oxygen atoms in total. The van der Waals surface area contributed by atoms with Crippen molar-refractivity contribution < 1.29 is 8.63 Å². The van der Waals surface area contributed by atoms with Crippen LogP contribution in [0.25, 0.3) is 22.1 Å². The average Bonchev–Trinajstić information content (AvgIpc) is 3.54. The zero-order chi connectivity index (χ0) is 27.1. The van der Waals surface area contributed by atoms with Crippen LogP contribution in [-0.4, -0.2) is 23.5 Å². The largest absolute Gasteiger partial charge is 0.458 e. The first-order chi connectivity index (χ1) is 18.1. The summed E-state index contributed by atoms with van der Waals surface area (Å²) in [6.45, 7) is 7.78. The molecular formula is C30H29N5O2S. The highest BCUT2D eigenvalue weighted by Gasteiger charge is 2.45. The lowest BCUT2D eigenvalue weighted by molar-refractivity contribution is 0.416. The number of aromatic nitrogens is 3. The molecule has 3 heterocycles. The van der Waals surface area contributed by atoms with E-state index in [2.05, 4.69) is 32.9 Å². The first kappa shape index (κ1) is 25.6. The molecular weight excluding hydrogens is 494 g/mol. The van der Waals surface area contributed by atoms with Crippen LogP contribution >= 0.6 is 0 Å². The molecule has 0 saturated carbocycles. The fraction of sp³-hybridized carbons (Fsp3) is 0.233. The minimum atomic E-state index is -1.49. The Morgan fingerprint density at radius 2 is 1.79 bits per heavy atom. The van der Waals surface area contributed by atoms with Gasteiger partial charge in [0.25, 0.3) is 0 Å². The third kappa shape index (κ3) is 4.44. The van der Waals surface area contributed by atoms with Crippen LogP contribution < -0.4 is 4.72 Å². The first-order valence-electron chi connectivity index (χ1n) is 12.3. The van der Waals surface area contributed by atoms with Gasteiger partial charge in [-0.1, -0.05) is 18.2 Å². The van der Waals surface area contributed by atoms with E-state index in [1.807, 2.05) is 75.8 Å². The third-order valence-corrected chi connectivity index (χ3v) is 8.22. The highest BCUT2D eigenvalue weighted by atomic mass is 32.2. The van der Waals surface area contributed by atoms with Crippen molar-refractivity contribution in [3.63, 3.8) is 0 Å². The van der Waals surface area contributed by atoms with E-state index in [9.17, 15) is 9.47 Å². The van der Waals surface area contributed by atoms with Gasteiger partial charge in [0.1, 0.15) is 11.3 Å². The van der Waals surface area contributed by atoms with Gasteiger partial charge in [0.15, 0.2) is 5.54 Å². The van der Waals surface area contributed by atoms with Crippen LogP contribution in [0, 0.1) is 18.3 Å². The first-order valence-corrected chi connectivity index (χ1v) is 13.4. The van der Waals surface area contributed by atoms with Gasteiger partial charge in [0.2, 0.25) is 0 Å². The third-order valence-electron chi connectivity index (χ3n) is 6.62. The van der Waals surface area contributed by atoms with Gasteiger partial charge in [0.05, 0.1) is 45.6 Å². The minimum absolute atomic E-state index is 0.533. The molecule has 0 aliphatic rings. The maximum atomic E-state index is 13.7. The molecule has 0 bridgehead atoms. The van der Waals surface area contributed by atoms with Gasteiger partial charge >= 0.3 is 0 Å². The Bertz CT molecular complexity index is 1670. The van der Waals surface area contributed by atoms with Crippen LogP contribution in [0.2, 0.25) is 0 Å². The Morgan fingerprint density at radius 1 is 1.03 bits per heavy atom. The molecule has 192 valence electrons. The summed E-state index contributed by atoms with van der Waals surface area (Å²) >= 11 is 0. The Labute approximate surface area is 224 Å². The molecule has 0 radical (unpaired) electrons. The van der Waals surface area contributed by atoms with Crippen LogP contribution in [-0.2, 0) is 23.6 Å². The molecule has 1 N–H and O–H groups in total. The van der Waals surface area contributed by atoms with E-state index < -0.39 is 21.3 Å². The Hall–Kier alpha value is -4.06. The molecule has 0 saturated heterocycles. The monoisotopic (exact) mass is 523 g/mol. The summed E-state index contributed by atoms with van der Waals surface area (Å²) in [4.78, 5) is 8.66. The van der Waals surface area contributed by atoms with Crippen molar-refractivity contribution in [3.8, 4) is 17.2 Å². The smallest absolute Gasteiger partial charge is 0.155 e. The van der Waals surface area contributed by atoms with E-state index in [0.29, 0.717) is 11.3 Å². The number of hydrogen-bond donors (Lipinski definition) is 1. The van der Waals surface area contributed by atoms with Crippen molar-refractivity contribution in [2.45, 2.75) is 38.0 Å². The van der Waals surface area contributed by atoms with E-state index in [1.165, 1.54) is 0 Å². The summed E-state index contributed by atoms with van der Waals surface area (Å²) in [5, 5.41) is 10.3. The van der Waals surface area contributed by atoms with Crippen molar-refractivity contribution in [2.75, 3.05) is 0 Å². The lowest BCUT2D eigenvalue weighted by atomic mass is 9.84. The predicted octanol–water partition coefficient (Wildman–Crippen LogP) is 5.75. The second-order valence-electron chi connectivity index (χ2n) is 10.4. The summed E-state index contributed by atoms with van der Waals surface area (Å²) in [6, 6.07) is 19.6. The lowest BCUT2D eigenvalue weighted by Gasteiger charge is -2.35. The van der Waals surface area contributed by atoms with Crippen molar-refractivity contribution in [2.24, 2.45) is 7.05 Å². The van der Waals surface area contributed by atoms with Gasteiger partial charge in [-0.15, -0.1) is 0 Å². The van der Waals surface area contributed by atoms with Gasteiger partial charge in [-0.25, -0.2) is 13.9 Å². The van der Waals surface area contributed by atoms with Gasteiger partial charge in [-0.2, -0.15) is 5.26 Å². The Morgan fingerprint density at radius 3 is 2.39 bits per heavy atom. The molecule has 0 fully saturated rings. The molecule has 0 amide bonds. The maximum Gasteiger partial charge on any atom is 0.155 e. The van der Waals surface area contributed by atoms with Gasteiger partial charge < -0.3 is 8.98 Å². The molecule has 5 rings (SSSR count). The molecule has 0 aliphatic carbocycles. The maximum absolute atomic E-state index is 13.7. The number of aryl methyl sites for hydroxylation is 2. The van der Waals surface area contributed by atoms with Crippen molar-refractivity contribution in [1.29, 1.82) is 5.26 Å². The van der Waals surface area contributed by atoms with Gasteiger partial charge in [0, 0.05) is 30.4 Å². The standard InChI is InChI=1S/C30H29N5O2S/c1-20-13-23(22-7-6-12-32-17-22)14-24-15-27(37-28(20)24)30(26-18-33-19-35(26)5,34-38(36)29(2,3)4)25-10-8-21(16-31)9-11-25/h6-15,17-19,34H,1-5H3. The molecule has 2 unspecified atom stereocenters. The van der Waals surface area contributed by atoms with Crippen LogP contribution in [0.3, 0.4) is 0 Å². The number of fused-ring (bicyclic) bond motifs is 1. The van der Waals surface area contributed by atoms with E-state index in [1.54, 1.807) is 30.9 Å². The number of nitriles is 1. The van der Waals surface area contributed by atoms with E-state index in [4.69, 9.17) is 4.42 Å². The number of furan rings is 1. The fourth-order valence-corrected chi connectivity index (χ4v) is 5.50. The number of pyridine rings is 1. The lowest BCUT2D eigenvalue weighted by Crippen LogP contribution is -2.50. The number of nitrogens with zero attached hydrogens (tertiary/aromatic N) is 4. The Balaban J connectivity index is 1.81. The molecule has 5 aromatic rings. The van der Waals surface area contributed by atoms with Crippen molar-refractivity contribution in [3.05, 3.63) is 108 Å². The number of hydrogen-bond acceptors (Lipinski definition) is 5. The molecule has 0 aliphatic heterocycles. The number of rotatable bonds is 6. The highest BCUT2D eigenvalue weighted by molar-refractivity contribution is 7.84. The van der Waals surface area contributed by atoms with Crippen LogP contribution in [0.4, 0.5) is 0 Å². The topological polar surface area (TPSA) is 96.7 Å². The van der Waals surface area contributed by atoms with Gasteiger partial charge in [-0.3, -0.25) is 4.98 Å². The molecule has 38 heavy (non-hydrogen) atoms. The average molecular weight is 524 g/mol. The fourth-order valence-electron chi connectivity index (χ4n) is 4.60. The van der Waals surface area contributed by atoms with E-state index in [0.717, 1.165) is 38.9 Å². The molecule has 3 aromatic heterocycles. The van der Waals surface area contributed by atoms with Crippen molar-refractivity contribution >= 4 is 22.0 Å². The summed E-state index contributed by atoms with van der Waals surface area (Å²) in [5.41, 5.74) is 4.68. The zero-order valence-electron chi connectivity index (χ0n) is 22.0. The number of nitrogens with one attached hydrogen (secondary N) is 1. The minimum Gasteiger partial charge on any atom is -0.458 e. The van der Waals surface area contributed by atoms with E-state index in [-0.39, 0.29) is 0 Å². The van der Waals surface area contributed by atoms with Crippen molar-refractivity contribution in [1.82, 2.24) is 19.3 Å². The molecule has 2 aromatic carbocycles. The Kier molecular flexibility index (Phi) is 6.51. The normalized spacial score (nSPS) is 14.2. The molecule has 8 heteroatoms. The quantitative estimate of drug-likeness (QED) is 0.306. The second kappa shape index (κ2) is 9.67. The summed E-state index contributed by atoms with van der Waals surface area (Å²) < 4.78 is 25.2. The highest BCUT2D eigenvalue weighted by Crippen LogP contribution is 2.42. The SMILES string of the molecule is Cc1cc(-c2cccnc2)cc2cc(C(NS(=O)C(C)(C)C)(c3ccc(C#N)cc3)c3cncn3C)oc12. The van der Waals surface area contributed by atoms with Gasteiger partial charge in [-0.05, 0) is 80.8 Å². The van der Waals surface area contributed by atoms with Crippen LogP contribution in [0.1, 0.15) is 48.9 Å².